The van der Waals surface area contributed by atoms with Crippen LogP contribution in [0.3, 0.4) is 0 Å². The Labute approximate surface area is 155 Å². The number of nitrogens with one attached hydrogen (secondary N) is 3. The number of carbonyl (C=O) groups excluding carboxylic acids is 2. The molecular formula is C18H28ClN3O3. The lowest BCUT2D eigenvalue weighted by Gasteiger charge is -2.22. The van der Waals surface area contributed by atoms with Crippen molar-refractivity contribution in [3.63, 3.8) is 0 Å². The van der Waals surface area contributed by atoms with Crippen LogP contribution in [0.2, 0.25) is 0 Å². The van der Waals surface area contributed by atoms with Gasteiger partial charge in [0.25, 0.3) is 5.91 Å². The maximum Gasteiger partial charge on any atom is 0.251 e. The van der Waals surface area contributed by atoms with Crippen molar-refractivity contribution in [3.05, 3.63) is 29.8 Å². The first kappa shape index (κ1) is 21.4. The summed E-state index contributed by atoms with van der Waals surface area (Å²) in [6.45, 7) is 1.43. The molecule has 0 radical (unpaired) electrons. The summed E-state index contributed by atoms with van der Waals surface area (Å²) in [7, 11) is 1.62. The first-order chi connectivity index (χ1) is 11.7. The van der Waals surface area contributed by atoms with Crippen LogP contribution < -0.4 is 16.0 Å². The van der Waals surface area contributed by atoms with Gasteiger partial charge in [-0.1, -0.05) is 19.3 Å². The van der Waals surface area contributed by atoms with E-state index in [2.05, 4.69) is 16.0 Å². The van der Waals surface area contributed by atoms with Gasteiger partial charge in [-0.3, -0.25) is 9.59 Å². The Morgan fingerprint density at radius 2 is 1.80 bits per heavy atom. The van der Waals surface area contributed by atoms with Gasteiger partial charge in [0.05, 0.1) is 13.2 Å². The number of methoxy groups -OCH3 is 1. The zero-order valence-electron chi connectivity index (χ0n) is 14.7. The first-order valence-electron chi connectivity index (χ1n) is 8.59. The molecule has 6 nitrogen and oxygen atoms in total. The van der Waals surface area contributed by atoms with Crippen LogP contribution in [0.5, 0.6) is 0 Å². The SMILES string of the molecule is COCCNCC(=O)Nc1ccc(C(=O)NC2CCCCC2)cc1.Cl. The molecule has 0 aromatic heterocycles. The van der Waals surface area contributed by atoms with Crippen LogP contribution >= 0.6 is 12.4 Å². The molecule has 0 saturated heterocycles. The molecule has 140 valence electrons. The van der Waals surface area contributed by atoms with E-state index in [-0.39, 0.29) is 30.8 Å². The molecule has 0 atom stereocenters. The van der Waals surface area contributed by atoms with Crippen LogP contribution in [0, 0.1) is 0 Å². The summed E-state index contributed by atoms with van der Waals surface area (Å²) in [6, 6.07) is 7.29. The summed E-state index contributed by atoms with van der Waals surface area (Å²) in [5.74, 6) is -0.161. The van der Waals surface area contributed by atoms with Crippen LogP contribution in [0.1, 0.15) is 42.5 Å². The minimum absolute atomic E-state index is 0. The van der Waals surface area contributed by atoms with Crippen molar-refractivity contribution in [1.29, 1.82) is 0 Å². The summed E-state index contributed by atoms with van der Waals surface area (Å²) in [5, 5.41) is 8.86. The van der Waals surface area contributed by atoms with Crippen molar-refractivity contribution in [2.45, 2.75) is 38.1 Å². The van der Waals surface area contributed by atoms with Gasteiger partial charge in [-0.15, -0.1) is 12.4 Å². The van der Waals surface area contributed by atoms with Gasteiger partial charge in [-0.2, -0.15) is 0 Å². The minimum atomic E-state index is -0.120. The summed E-state index contributed by atoms with van der Waals surface area (Å²) in [6.07, 6.45) is 5.77. The van der Waals surface area contributed by atoms with E-state index in [4.69, 9.17) is 4.74 Å². The lowest BCUT2D eigenvalue weighted by atomic mass is 9.95. The molecule has 25 heavy (non-hydrogen) atoms. The van der Waals surface area contributed by atoms with E-state index in [1.165, 1.54) is 19.3 Å². The highest BCUT2D eigenvalue weighted by molar-refractivity contribution is 5.96. The number of hydrogen-bond acceptors (Lipinski definition) is 4. The van der Waals surface area contributed by atoms with Crippen molar-refractivity contribution in [3.8, 4) is 0 Å². The van der Waals surface area contributed by atoms with Crippen molar-refractivity contribution >= 4 is 29.9 Å². The lowest BCUT2D eigenvalue weighted by Crippen LogP contribution is -2.36. The molecule has 0 unspecified atom stereocenters. The molecule has 1 aromatic rings. The predicted octanol–water partition coefficient (Wildman–Crippen LogP) is 2.35. The summed E-state index contributed by atoms with van der Waals surface area (Å²) in [4.78, 5) is 24.0. The molecule has 1 aliphatic rings. The molecule has 3 N–H and O–H groups in total. The van der Waals surface area contributed by atoms with Gasteiger partial charge in [0.1, 0.15) is 0 Å². The van der Waals surface area contributed by atoms with Gasteiger partial charge in [0.15, 0.2) is 0 Å². The second kappa shape index (κ2) is 11.8. The van der Waals surface area contributed by atoms with Crippen LogP contribution in [-0.4, -0.2) is 44.7 Å². The molecule has 1 saturated carbocycles. The maximum absolute atomic E-state index is 12.2. The molecule has 2 amide bonds. The van der Waals surface area contributed by atoms with E-state index in [1.54, 1.807) is 31.4 Å². The van der Waals surface area contributed by atoms with Crippen LogP contribution in [0.4, 0.5) is 5.69 Å². The zero-order chi connectivity index (χ0) is 17.2. The fourth-order valence-electron chi connectivity index (χ4n) is 2.80. The number of benzene rings is 1. The van der Waals surface area contributed by atoms with Gasteiger partial charge in [-0.25, -0.2) is 0 Å². The molecule has 1 aliphatic carbocycles. The Morgan fingerprint density at radius 3 is 2.44 bits per heavy atom. The third kappa shape index (κ3) is 7.86. The van der Waals surface area contributed by atoms with Gasteiger partial charge in [-0.05, 0) is 37.1 Å². The summed E-state index contributed by atoms with van der Waals surface area (Å²) >= 11 is 0. The highest BCUT2D eigenvalue weighted by Crippen LogP contribution is 2.18. The van der Waals surface area contributed by atoms with Crippen molar-refractivity contribution in [1.82, 2.24) is 10.6 Å². The third-order valence-electron chi connectivity index (χ3n) is 4.14. The average Bonchev–Trinajstić information content (AvgIpc) is 2.60. The standard InChI is InChI=1S/C18H27N3O3.ClH/c1-24-12-11-19-13-17(22)20-16-9-7-14(8-10-16)18(23)21-15-5-3-2-4-6-15;/h7-10,15,19H,2-6,11-13H2,1H3,(H,20,22)(H,21,23);1H. The van der Waals surface area contributed by atoms with Gasteiger partial charge < -0.3 is 20.7 Å². The Hall–Kier alpha value is -1.63. The highest BCUT2D eigenvalue weighted by Gasteiger charge is 2.16. The predicted molar refractivity (Wildman–Crippen MR) is 101 cm³/mol. The Kier molecular flexibility index (Phi) is 10.1. The van der Waals surface area contributed by atoms with Crippen molar-refractivity contribution in [2.24, 2.45) is 0 Å². The number of hydrogen-bond donors (Lipinski definition) is 3. The number of amides is 2. The number of carbonyl (C=O) groups is 2. The molecule has 1 aromatic carbocycles. The van der Waals surface area contributed by atoms with Crippen molar-refractivity contribution in [2.75, 3.05) is 32.1 Å². The average molecular weight is 370 g/mol. The summed E-state index contributed by atoms with van der Waals surface area (Å²) in [5.41, 5.74) is 1.31. The molecule has 0 aliphatic heterocycles. The van der Waals surface area contributed by atoms with E-state index in [1.807, 2.05) is 0 Å². The summed E-state index contributed by atoms with van der Waals surface area (Å²) < 4.78 is 4.90. The van der Waals surface area contributed by atoms with Crippen LogP contribution in [0.25, 0.3) is 0 Å². The smallest absolute Gasteiger partial charge is 0.251 e. The van der Waals surface area contributed by atoms with E-state index in [0.29, 0.717) is 30.4 Å². The number of halogens is 1. The second-order valence-corrected chi connectivity index (χ2v) is 6.10. The molecule has 0 bridgehead atoms. The number of rotatable bonds is 8. The lowest BCUT2D eigenvalue weighted by molar-refractivity contribution is -0.115. The van der Waals surface area contributed by atoms with Crippen LogP contribution in [-0.2, 0) is 9.53 Å². The van der Waals surface area contributed by atoms with E-state index < -0.39 is 0 Å². The molecule has 2 rings (SSSR count). The Bertz CT molecular complexity index is 531. The number of anilines is 1. The molecule has 7 heteroatoms. The topological polar surface area (TPSA) is 79.5 Å². The van der Waals surface area contributed by atoms with E-state index in [9.17, 15) is 9.59 Å². The largest absolute Gasteiger partial charge is 0.383 e. The van der Waals surface area contributed by atoms with Gasteiger partial charge >= 0.3 is 0 Å². The maximum atomic E-state index is 12.2. The van der Waals surface area contributed by atoms with Gasteiger partial charge in [0.2, 0.25) is 5.91 Å². The highest BCUT2D eigenvalue weighted by atomic mass is 35.5. The quantitative estimate of drug-likeness (QED) is 0.614. The fraction of sp³-hybridized carbons (Fsp3) is 0.556. The number of ether oxygens (including phenoxy) is 1. The third-order valence-corrected chi connectivity index (χ3v) is 4.14. The Balaban J connectivity index is 0.00000312. The minimum Gasteiger partial charge on any atom is -0.383 e. The zero-order valence-corrected chi connectivity index (χ0v) is 15.5. The molecule has 0 spiro atoms. The van der Waals surface area contributed by atoms with E-state index >= 15 is 0 Å². The van der Waals surface area contributed by atoms with E-state index in [0.717, 1.165) is 12.8 Å². The van der Waals surface area contributed by atoms with Crippen LogP contribution in [0.15, 0.2) is 24.3 Å². The molecular weight excluding hydrogens is 342 g/mol. The molecule has 1 fully saturated rings. The normalized spacial score (nSPS) is 14.4. The molecule has 0 heterocycles. The van der Waals surface area contributed by atoms with Crippen molar-refractivity contribution < 1.29 is 14.3 Å². The second-order valence-electron chi connectivity index (χ2n) is 6.10. The Morgan fingerprint density at radius 1 is 1.12 bits per heavy atom. The van der Waals surface area contributed by atoms with Gasteiger partial charge in [0, 0.05) is 30.9 Å². The fourth-order valence-corrected chi connectivity index (χ4v) is 2.80. The first-order valence-corrected chi connectivity index (χ1v) is 8.59. The monoisotopic (exact) mass is 369 g/mol.